The first-order valence-corrected chi connectivity index (χ1v) is 10.3. The predicted molar refractivity (Wildman–Crippen MR) is 110 cm³/mol. The van der Waals surface area contributed by atoms with Crippen molar-refractivity contribution in [3.63, 3.8) is 0 Å². The maximum absolute atomic E-state index is 13.0. The van der Waals surface area contributed by atoms with Gasteiger partial charge in [0.1, 0.15) is 5.82 Å². The van der Waals surface area contributed by atoms with Crippen molar-refractivity contribution in [1.29, 1.82) is 0 Å². The summed E-state index contributed by atoms with van der Waals surface area (Å²) in [6.45, 7) is 7.06. The fourth-order valence-corrected chi connectivity index (χ4v) is 4.19. The number of nitrogens with zero attached hydrogens (tertiary/aromatic N) is 3. The second kappa shape index (κ2) is 8.84. The smallest absolute Gasteiger partial charge is 0.231 e. The first-order valence-electron chi connectivity index (χ1n) is 10.3. The quantitative estimate of drug-likeness (QED) is 0.689. The van der Waals surface area contributed by atoms with Crippen LogP contribution in [0.25, 0.3) is 0 Å². The highest BCUT2D eigenvalue weighted by Gasteiger charge is 2.26. The highest BCUT2D eigenvalue weighted by Crippen LogP contribution is 2.28. The summed E-state index contributed by atoms with van der Waals surface area (Å²) >= 11 is 0. The van der Waals surface area contributed by atoms with Crippen LogP contribution in [0.5, 0.6) is 0 Å². The summed E-state index contributed by atoms with van der Waals surface area (Å²) in [6.07, 6.45) is 2.70. The minimum atomic E-state index is -0.173. The van der Waals surface area contributed by atoms with Crippen molar-refractivity contribution in [3.8, 4) is 0 Å². The number of rotatable bonds is 7. The molecule has 1 fully saturated rings. The van der Waals surface area contributed by atoms with Gasteiger partial charge in [-0.15, -0.1) is 0 Å². The van der Waals surface area contributed by atoms with Crippen LogP contribution in [0, 0.1) is 5.82 Å². The van der Waals surface area contributed by atoms with E-state index in [0.717, 1.165) is 69.9 Å². The molecule has 0 aromatic heterocycles. The molecule has 0 spiro atoms. The molecule has 0 bridgehead atoms. The van der Waals surface area contributed by atoms with Crippen molar-refractivity contribution < 1.29 is 9.18 Å². The number of hydrogen-bond acceptors (Lipinski definition) is 3. The van der Waals surface area contributed by atoms with Crippen LogP contribution in [0.15, 0.2) is 48.5 Å². The summed E-state index contributed by atoms with van der Waals surface area (Å²) in [7, 11) is 0. The normalized spacial score (nSPS) is 17.9. The van der Waals surface area contributed by atoms with Gasteiger partial charge in [-0.25, -0.2) is 4.39 Å². The molecule has 148 valence electrons. The maximum atomic E-state index is 13.0. The number of benzene rings is 2. The number of carbonyl (C=O) groups excluding carboxylic acids is 1. The number of carbonyl (C=O) groups is 1. The fourth-order valence-electron chi connectivity index (χ4n) is 4.19. The molecule has 0 aliphatic carbocycles. The Morgan fingerprint density at radius 3 is 2.29 bits per heavy atom. The van der Waals surface area contributed by atoms with E-state index in [4.69, 9.17) is 0 Å². The standard InChI is InChI=1S/C23H28FN3O/c24-21-9-7-19(8-10-21)18-26-15-13-25(14-16-26)11-3-4-12-27-22-6-2-1-5-20(22)17-23(27)28/h1-2,5-10H,3-4,11-18H2. The lowest BCUT2D eigenvalue weighted by Crippen LogP contribution is -2.46. The number of anilines is 1. The maximum Gasteiger partial charge on any atom is 0.231 e. The van der Waals surface area contributed by atoms with Gasteiger partial charge in [0.25, 0.3) is 0 Å². The lowest BCUT2D eigenvalue weighted by molar-refractivity contribution is -0.117. The van der Waals surface area contributed by atoms with E-state index in [1.54, 1.807) is 0 Å². The molecule has 0 saturated carbocycles. The van der Waals surface area contributed by atoms with Crippen molar-refractivity contribution in [1.82, 2.24) is 9.80 Å². The van der Waals surface area contributed by atoms with Gasteiger partial charge in [-0.3, -0.25) is 9.69 Å². The molecular formula is C23H28FN3O. The molecule has 2 aromatic carbocycles. The van der Waals surface area contributed by atoms with Crippen molar-refractivity contribution in [3.05, 3.63) is 65.5 Å². The first kappa shape index (κ1) is 19.1. The summed E-state index contributed by atoms with van der Waals surface area (Å²) in [5.41, 5.74) is 3.43. The number of hydrogen-bond donors (Lipinski definition) is 0. The lowest BCUT2D eigenvalue weighted by Gasteiger charge is -2.34. The van der Waals surface area contributed by atoms with E-state index in [1.807, 2.05) is 29.2 Å². The zero-order valence-corrected chi connectivity index (χ0v) is 16.3. The molecule has 0 radical (unpaired) electrons. The highest BCUT2D eigenvalue weighted by atomic mass is 19.1. The molecule has 0 unspecified atom stereocenters. The predicted octanol–water partition coefficient (Wildman–Crippen LogP) is 3.31. The van der Waals surface area contributed by atoms with Crippen LogP contribution in [0.3, 0.4) is 0 Å². The molecule has 1 saturated heterocycles. The average molecular weight is 381 g/mol. The molecule has 1 amide bonds. The average Bonchev–Trinajstić information content (AvgIpc) is 3.03. The highest BCUT2D eigenvalue weighted by molar-refractivity contribution is 6.01. The molecule has 2 aliphatic heterocycles. The van der Waals surface area contributed by atoms with E-state index in [2.05, 4.69) is 21.9 Å². The van der Waals surface area contributed by atoms with Crippen molar-refractivity contribution >= 4 is 11.6 Å². The monoisotopic (exact) mass is 381 g/mol. The van der Waals surface area contributed by atoms with Gasteiger partial charge in [0.15, 0.2) is 0 Å². The van der Waals surface area contributed by atoms with Crippen LogP contribution in [0.2, 0.25) is 0 Å². The number of piperazine rings is 1. The Morgan fingerprint density at radius 1 is 0.821 bits per heavy atom. The van der Waals surface area contributed by atoms with Crippen LogP contribution in [-0.2, 0) is 17.8 Å². The third-order valence-electron chi connectivity index (χ3n) is 5.82. The van der Waals surface area contributed by atoms with Crippen LogP contribution in [0.1, 0.15) is 24.0 Å². The van der Waals surface area contributed by atoms with Gasteiger partial charge in [-0.2, -0.15) is 0 Å². The third kappa shape index (κ3) is 4.59. The van der Waals surface area contributed by atoms with Gasteiger partial charge < -0.3 is 9.80 Å². The second-order valence-electron chi connectivity index (χ2n) is 7.80. The molecule has 4 rings (SSSR count). The van der Waals surface area contributed by atoms with Crippen molar-refractivity contribution in [2.45, 2.75) is 25.8 Å². The molecule has 2 heterocycles. The molecule has 2 aliphatic rings. The fraction of sp³-hybridized carbons (Fsp3) is 0.435. The minimum absolute atomic E-state index is 0.173. The number of unbranched alkanes of at least 4 members (excludes halogenated alkanes) is 1. The van der Waals surface area contributed by atoms with Gasteiger partial charge >= 0.3 is 0 Å². The second-order valence-corrected chi connectivity index (χ2v) is 7.80. The summed E-state index contributed by atoms with van der Waals surface area (Å²) < 4.78 is 13.0. The van der Waals surface area contributed by atoms with Crippen LogP contribution >= 0.6 is 0 Å². The van der Waals surface area contributed by atoms with E-state index in [1.165, 1.54) is 17.7 Å². The van der Waals surface area contributed by atoms with Gasteiger partial charge in [-0.1, -0.05) is 30.3 Å². The molecule has 0 N–H and O–H groups in total. The zero-order chi connectivity index (χ0) is 19.3. The minimum Gasteiger partial charge on any atom is -0.312 e. The van der Waals surface area contributed by atoms with Gasteiger partial charge in [0, 0.05) is 45.0 Å². The summed E-state index contributed by atoms with van der Waals surface area (Å²) in [5, 5.41) is 0. The largest absolute Gasteiger partial charge is 0.312 e. The topological polar surface area (TPSA) is 26.8 Å². The van der Waals surface area contributed by atoms with E-state index in [9.17, 15) is 9.18 Å². The Hall–Kier alpha value is -2.24. The van der Waals surface area contributed by atoms with Crippen LogP contribution < -0.4 is 4.90 Å². The summed E-state index contributed by atoms with van der Waals surface area (Å²) in [6, 6.07) is 14.9. The Kier molecular flexibility index (Phi) is 6.03. The Balaban J connectivity index is 1.15. The van der Waals surface area contributed by atoms with E-state index >= 15 is 0 Å². The van der Waals surface area contributed by atoms with E-state index < -0.39 is 0 Å². The number of halogens is 1. The first-order chi connectivity index (χ1) is 13.7. The number of fused-ring (bicyclic) bond motifs is 1. The number of amides is 1. The Morgan fingerprint density at radius 2 is 1.50 bits per heavy atom. The number of para-hydroxylation sites is 1. The molecular weight excluding hydrogens is 353 g/mol. The molecule has 28 heavy (non-hydrogen) atoms. The van der Waals surface area contributed by atoms with Crippen LogP contribution in [0.4, 0.5) is 10.1 Å². The molecule has 4 nitrogen and oxygen atoms in total. The molecule has 2 aromatic rings. The summed E-state index contributed by atoms with van der Waals surface area (Å²) in [5.74, 6) is 0.0586. The summed E-state index contributed by atoms with van der Waals surface area (Å²) in [4.78, 5) is 19.1. The lowest BCUT2D eigenvalue weighted by atomic mass is 10.2. The Bertz CT molecular complexity index is 800. The Labute approximate surface area is 166 Å². The van der Waals surface area contributed by atoms with Crippen molar-refractivity contribution in [2.75, 3.05) is 44.2 Å². The van der Waals surface area contributed by atoms with Crippen LogP contribution in [-0.4, -0.2) is 55.0 Å². The van der Waals surface area contributed by atoms with Gasteiger partial charge in [-0.05, 0) is 48.7 Å². The van der Waals surface area contributed by atoms with E-state index in [-0.39, 0.29) is 11.7 Å². The van der Waals surface area contributed by atoms with Gasteiger partial charge in [0.05, 0.1) is 6.42 Å². The van der Waals surface area contributed by atoms with Crippen molar-refractivity contribution in [2.24, 2.45) is 0 Å². The third-order valence-corrected chi connectivity index (χ3v) is 5.82. The zero-order valence-electron chi connectivity index (χ0n) is 16.3. The van der Waals surface area contributed by atoms with E-state index in [0.29, 0.717) is 6.42 Å². The molecule has 5 heteroatoms. The van der Waals surface area contributed by atoms with Gasteiger partial charge in [0.2, 0.25) is 5.91 Å². The molecule has 0 atom stereocenters. The SMILES string of the molecule is O=C1Cc2ccccc2N1CCCCN1CCN(Cc2ccc(F)cc2)CC1.